The maximum atomic E-state index is 12.1. The van der Waals surface area contributed by atoms with Crippen LogP contribution in [0.2, 0.25) is 18.1 Å². The molecule has 136 valence electrons. The van der Waals surface area contributed by atoms with E-state index >= 15 is 0 Å². The molecular weight excluding hydrogens is 340 g/mol. The van der Waals surface area contributed by atoms with Gasteiger partial charge in [0.15, 0.2) is 14.1 Å². The molecule has 0 aromatic heterocycles. The highest BCUT2D eigenvalue weighted by Gasteiger charge is 2.40. The van der Waals surface area contributed by atoms with Crippen molar-refractivity contribution in [2.24, 2.45) is 0 Å². The molecule has 0 saturated carbocycles. The molecule has 1 atom stereocenters. The fraction of sp³-hybridized carbons (Fsp3) is 0.667. The number of Topliss-reactive ketones (excluding diaryl/α,β-unsaturated/α-hetero) is 1. The summed E-state index contributed by atoms with van der Waals surface area (Å²) in [5, 5.41) is 0.141. The Kier molecular flexibility index (Phi) is 7.96. The Morgan fingerprint density at radius 1 is 1.38 bits per heavy atom. The SMILES string of the molecule is COC(=O)CC/C=C/CSC1=C[C@H](O[Si](C)(C)C(C)(C)C)CC1=O. The van der Waals surface area contributed by atoms with Crippen molar-refractivity contribution >= 4 is 31.8 Å². The van der Waals surface area contributed by atoms with E-state index in [9.17, 15) is 9.59 Å². The monoisotopic (exact) mass is 370 g/mol. The fourth-order valence-corrected chi connectivity index (χ4v) is 4.16. The van der Waals surface area contributed by atoms with Gasteiger partial charge < -0.3 is 9.16 Å². The number of rotatable bonds is 8. The van der Waals surface area contributed by atoms with Crippen LogP contribution in [0.15, 0.2) is 23.1 Å². The first-order chi connectivity index (χ1) is 11.1. The van der Waals surface area contributed by atoms with E-state index in [1.807, 2.05) is 18.2 Å². The maximum Gasteiger partial charge on any atom is 0.305 e. The number of allylic oxidation sites excluding steroid dienone is 2. The Morgan fingerprint density at radius 3 is 2.62 bits per heavy atom. The summed E-state index contributed by atoms with van der Waals surface area (Å²) in [6, 6.07) is 0. The van der Waals surface area contributed by atoms with Gasteiger partial charge in [0.25, 0.3) is 0 Å². The third-order valence-corrected chi connectivity index (χ3v) is 10.0. The molecule has 6 heteroatoms. The van der Waals surface area contributed by atoms with Gasteiger partial charge in [0.2, 0.25) is 0 Å². The minimum Gasteiger partial charge on any atom is -0.469 e. The van der Waals surface area contributed by atoms with E-state index in [1.54, 1.807) is 0 Å². The quantitative estimate of drug-likeness (QED) is 0.358. The number of ether oxygens (including phenoxy) is 1. The first-order valence-corrected chi connectivity index (χ1v) is 12.2. The van der Waals surface area contributed by atoms with Crippen LogP contribution in [0.1, 0.15) is 40.0 Å². The minimum absolute atomic E-state index is 0.0794. The molecule has 0 heterocycles. The third-order valence-electron chi connectivity index (χ3n) is 4.50. The van der Waals surface area contributed by atoms with Gasteiger partial charge in [-0.1, -0.05) is 32.9 Å². The number of carbonyl (C=O) groups is 2. The molecule has 4 nitrogen and oxygen atoms in total. The highest BCUT2D eigenvalue weighted by atomic mass is 32.2. The Morgan fingerprint density at radius 2 is 2.04 bits per heavy atom. The van der Waals surface area contributed by atoms with Crippen molar-refractivity contribution < 1.29 is 18.8 Å². The van der Waals surface area contributed by atoms with Crippen molar-refractivity contribution in [2.75, 3.05) is 12.9 Å². The lowest BCUT2D eigenvalue weighted by atomic mass is 10.2. The largest absolute Gasteiger partial charge is 0.469 e. The number of thioether (sulfide) groups is 1. The molecule has 0 aliphatic heterocycles. The zero-order valence-electron chi connectivity index (χ0n) is 15.7. The smallest absolute Gasteiger partial charge is 0.305 e. The van der Waals surface area contributed by atoms with Gasteiger partial charge in [0.1, 0.15) is 0 Å². The number of esters is 1. The standard InChI is InChI=1S/C18H30O4SSi/c1-18(2,3)24(5,6)22-14-12-15(19)16(13-14)23-11-9-7-8-10-17(20)21-4/h7,9,13-14H,8,10-12H2,1-6H3/b9-7+/t14-/m1/s1. The average molecular weight is 371 g/mol. The first kappa shape index (κ1) is 21.2. The average Bonchev–Trinajstić information content (AvgIpc) is 2.80. The van der Waals surface area contributed by atoms with Crippen LogP contribution in [0.3, 0.4) is 0 Å². The second kappa shape index (κ2) is 9.01. The van der Waals surface area contributed by atoms with Gasteiger partial charge in [0, 0.05) is 23.5 Å². The summed E-state index contributed by atoms with van der Waals surface area (Å²) in [5.41, 5.74) is 0. The topological polar surface area (TPSA) is 52.6 Å². The summed E-state index contributed by atoms with van der Waals surface area (Å²) in [6.07, 6.45) is 7.36. The molecule has 0 saturated heterocycles. The molecule has 0 fully saturated rings. The Bertz CT molecular complexity index is 518. The van der Waals surface area contributed by atoms with Crippen LogP contribution in [0, 0.1) is 0 Å². The number of methoxy groups -OCH3 is 1. The van der Waals surface area contributed by atoms with E-state index in [1.165, 1.54) is 18.9 Å². The summed E-state index contributed by atoms with van der Waals surface area (Å²) in [6.45, 7) is 11.0. The van der Waals surface area contributed by atoms with Gasteiger partial charge in [-0.2, -0.15) is 0 Å². The van der Waals surface area contributed by atoms with E-state index in [0.717, 1.165) is 10.7 Å². The lowest BCUT2D eigenvalue weighted by Gasteiger charge is -2.37. The molecule has 0 N–H and O–H groups in total. The van der Waals surface area contributed by atoms with E-state index in [4.69, 9.17) is 4.43 Å². The molecule has 0 aromatic carbocycles. The van der Waals surface area contributed by atoms with Gasteiger partial charge in [-0.05, 0) is 30.6 Å². The number of ketones is 1. The molecule has 0 bridgehead atoms. The molecular formula is C18H30O4SSi. The van der Waals surface area contributed by atoms with E-state index in [-0.39, 0.29) is 22.9 Å². The molecule has 1 aliphatic carbocycles. The molecule has 24 heavy (non-hydrogen) atoms. The van der Waals surface area contributed by atoms with Crippen molar-refractivity contribution in [3.8, 4) is 0 Å². The van der Waals surface area contributed by atoms with Crippen LogP contribution in [0.25, 0.3) is 0 Å². The molecule has 0 aromatic rings. The van der Waals surface area contributed by atoms with Gasteiger partial charge in [0.05, 0.1) is 13.2 Å². The van der Waals surface area contributed by atoms with Crippen molar-refractivity contribution in [3.05, 3.63) is 23.1 Å². The molecule has 0 amide bonds. The third kappa shape index (κ3) is 6.57. The Hall–Kier alpha value is -0.853. The van der Waals surface area contributed by atoms with E-state index in [0.29, 0.717) is 19.3 Å². The van der Waals surface area contributed by atoms with Crippen LogP contribution in [-0.4, -0.2) is 39.0 Å². The number of hydrogen-bond acceptors (Lipinski definition) is 5. The van der Waals surface area contributed by atoms with Gasteiger partial charge in [-0.25, -0.2) is 0 Å². The lowest BCUT2D eigenvalue weighted by molar-refractivity contribution is -0.140. The zero-order valence-corrected chi connectivity index (χ0v) is 17.5. The molecule has 1 aliphatic rings. The fourth-order valence-electron chi connectivity index (χ4n) is 1.99. The highest BCUT2D eigenvalue weighted by molar-refractivity contribution is 8.04. The van der Waals surface area contributed by atoms with Crippen molar-refractivity contribution in [3.63, 3.8) is 0 Å². The van der Waals surface area contributed by atoms with Crippen molar-refractivity contribution in [2.45, 2.75) is 64.3 Å². The Labute approximate surface area is 151 Å². The normalized spacial score (nSPS) is 19.0. The van der Waals surface area contributed by atoms with Gasteiger partial charge in [-0.3, -0.25) is 9.59 Å². The molecule has 1 rings (SSSR count). The summed E-state index contributed by atoms with van der Waals surface area (Å²) >= 11 is 1.54. The van der Waals surface area contributed by atoms with E-state index < -0.39 is 8.32 Å². The molecule has 0 unspecified atom stereocenters. The first-order valence-electron chi connectivity index (χ1n) is 8.34. The van der Waals surface area contributed by atoms with Crippen molar-refractivity contribution in [1.82, 2.24) is 0 Å². The lowest BCUT2D eigenvalue weighted by Crippen LogP contribution is -2.43. The number of hydrogen-bond donors (Lipinski definition) is 0. The van der Waals surface area contributed by atoms with Crippen LogP contribution >= 0.6 is 11.8 Å². The van der Waals surface area contributed by atoms with Crippen LogP contribution in [0.5, 0.6) is 0 Å². The Balaban J connectivity index is 2.45. The highest BCUT2D eigenvalue weighted by Crippen LogP contribution is 2.39. The van der Waals surface area contributed by atoms with Crippen LogP contribution in [0.4, 0.5) is 0 Å². The predicted molar refractivity (Wildman–Crippen MR) is 103 cm³/mol. The minimum atomic E-state index is -1.86. The summed E-state index contributed by atoms with van der Waals surface area (Å²) in [5.74, 6) is 0.698. The van der Waals surface area contributed by atoms with Crippen molar-refractivity contribution in [1.29, 1.82) is 0 Å². The maximum absolute atomic E-state index is 12.1. The predicted octanol–water partition coefficient (Wildman–Crippen LogP) is 4.48. The van der Waals surface area contributed by atoms with Crippen LogP contribution in [-0.2, 0) is 18.8 Å². The van der Waals surface area contributed by atoms with Gasteiger partial charge in [-0.15, -0.1) is 11.8 Å². The molecule has 0 spiro atoms. The van der Waals surface area contributed by atoms with E-state index in [2.05, 4.69) is 38.6 Å². The summed E-state index contributed by atoms with van der Waals surface area (Å²) in [7, 11) is -0.465. The van der Waals surface area contributed by atoms with Crippen LogP contribution < -0.4 is 0 Å². The van der Waals surface area contributed by atoms with Gasteiger partial charge >= 0.3 is 5.97 Å². The number of carbonyl (C=O) groups excluding carboxylic acids is 2. The molecule has 0 radical (unpaired) electrons. The zero-order chi connectivity index (χ0) is 18.4. The second-order valence-corrected chi connectivity index (χ2v) is 13.3. The second-order valence-electron chi connectivity index (χ2n) is 7.47. The summed E-state index contributed by atoms with van der Waals surface area (Å²) < 4.78 is 10.9. The summed E-state index contributed by atoms with van der Waals surface area (Å²) in [4.78, 5) is 23.9.